The summed E-state index contributed by atoms with van der Waals surface area (Å²) in [5.41, 5.74) is 0.478. The van der Waals surface area contributed by atoms with E-state index in [9.17, 15) is 90.1 Å². The number of aromatic nitrogens is 5. The standard InChI is InChI=1S/C62H61N17O22S8/c1-35-25-48(74-77-57-37(3)40(33-63)58-64-47-28-39(99-4)14-16-51(47)78(58)59(57)81)53(100-17-7-21-105(84,85)86)30-43(35)71-76-50-29-45(66-61-67-60(65-41-11-5-6-12-52(41)101-34-80)68-62(69-61)104-20-10-24-108(93,94)95)46(32-55(50)103-19-9-23-107(90,91)92)73-75-49-26-36(2)44(31-54(49)102-18-8-22-106(87,88)89)72-70-42-15-13-38(79(82)83)27-56(42)109(96,97)98/h5-6,11-16,25-32,34,81H,7-10,17-24H2,1-4H3,(H,84,85,86)(H,87,88,89)(H,90,91,92)(H,93,94,95)(H,96,97,98)(H2,65,66,67,68,69). The number of nitro groups is 1. The zero-order valence-corrected chi connectivity index (χ0v) is 63.5. The van der Waals surface area contributed by atoms with Crippen LogP contribution in [0.25, 0.3) is 16.7 Å². The first-order valence-electron chi connectivity index (χ1n) is 31.3. The van der Waals surface area contributed by atoms with Crippen LogP contribution in [0.2, 0.25) is 0 Å². The average molecular weight is 1650 g/mol. The monoisotopic (exact) mass is 1650 g/mol. The first-order chi connectivity index (χ1) is 51.5. The maximum atomic E-state index is 12.4. The molecular weight excluding hydrogens is 1590 g/mol. The lowest BCUT2D eigenvalue weighted by molar-refractivity contribution is -0.385. The fraction of sp³-hybridized carbons (Fsp3) is 0.258. The molecule has 0 spiro atoms. The Balaban J connectivity index is 1.22. The zero-order valence-electron chi connectivity index (χ0n) is 57.0. The summed E-state index contributed by atoms with van der Waals surface area (Å²) in [6, 6.07) is 24.0. The number of nitrogens with one attached hydrogen (secondary N) is 2. The van der Waals surface area contributed by atoms with Crippen LogP contribution in [0, 0.1) is 42.2 Å². The molecular formula is C62H61N17O22S8. The largest absolute Gasteiger partial charge is 0.497 e. The molecule has 0 bridgehead atoms. The SMILES string of the molecule is COc1ccc2c(c1)nc1c(C#N)c(C)c(N=Nc3cc(C)c(N=Nc4cc(Nc5nc(Nc6ccccc6OC=O)nc(SCCCS(=O)(=O)O)n5)c(N=Nc5cc(C)c(N=Nc6ccc([N+](=O)[O-])cc6S(=O)(=O)O)cc5SCCCS(=O)(=O)O)cc4SCCCS(=O)(=O)O)cc3OCCCS(=O)(=O)O)c(O)n12. The molecule has 574 valence electrons. The Labute approximate surface area is 633 Å². The Morgan fingerprint density at radius 3 is 1.71 bits per heavy atom. The van der Waals surface area contributed by atoms with E-state index in [1.807, 2.05) is 0 Å². The summed E-state index contributed by atoms with van der Waals surface area (Å²) in [5, 5.41) is 75.3. The highest BCUT2D eigenvalue weighted by Gasteiger charge is 2.25. The van der Waals surface area contributed by atoms with Crippen molar-refractivity contribution >= 4 is 183 Å². The maximum Gasteiger partial charge on any atom is 0.298 e. The number of methoxy groups -OCH3 is 1. The van der Waals surface area contributed by atoms with E-state index in [1.165, 1.54) is 73.9 Å². The van der Waals surface area contributed by atoms with Crippen molar-refractivity contribution in [3.05, 3.63) is 129 Å². The van der Waals surface area contributed by atoms with Gasteiger partial charge >= 0.3 is 0 Å². The van der Waals surface area contributed by atoms with E-state index in [-0.39, 0.29) is 168 Å². The molecule has 109 heavy (non-hydrogen) atoms. The molecule has 0 saturated carbocycles. The van der Waals surface area contributed by atoms with Crippen LogP contribution < -0.4 is 24.8 Å². The predicted molar refractivity (Wildman–Crippen MR) is 400 cm³/mol. The van der Waals surface area contributed by atoms with E-state index in [1.54, 1.807) is 37.3 Å². The number of anilines is 4. The van der Waals surface area contributed by atoms with Crippen molar-refractivity contribution in [3.8, 4) is 29.2 Å². The number of nitrogens with zero attached hydrogens (tertiary/aromatic N) is 15. The van der Waals surface area contributed by atoms with Gasteiger partial charge in [-0.25, -0.2) is 4.98 Å². The molecule has 47 heteroatoms. The maximum absolute atomic E-state index is 12.4. The molecule has 0 radical (unpaired) electrons. The van der Waals surface area contributed by atoms with Gasteiger partial charge in [0.15, 0.2) is 22.2 Å². The number of hydrogen-bond donors (Lipinski definition) is 8. The Hall–Kier alpha value is -10.4. The number of rotatable bonds is 37. The van der Waals surface area contributed by atoms with E-state index in [4.69, 9.17) is 14.2 Å². The number of carbonyl (C=O) groups excluding carboxylic acids is 1. The number of hydrogen-bond acceptors (Lipinski definition) is 35. The molecule has 39 nitrogen and oxygen atoms in total. The first kappa shape index (κ1) is 82.7. The number of benzene rings is 6. The summed E-state index contributed by atoms with van der Waals surface area (Å²) in [6.45, 7) is 4.48. The van der Waals surface area contributed by atoms with E-state index in [0.717, 1.165) is 47.4 Å². The number of imidazole rings is 1. The van der Waals surface area contributed by atoms with Gasteiger partial charge in [0.2, 0.25) is 17.8 Å². The zero-order chi connectivity index (χ0) is 79.2. The summed E-state index contributed by atoms with van der Waals surface area (Å²) >= 11 is 2.93. The first-order valence-corrected chi connectivity index (χ1v) is 42.1. The second-order valence-electron chi connectivity index (χ2n) is 22.8. The highest BCUT2D eigenvalue weighted by molar-refractivity contribution is 8.00. The second-order valence-corrected chi connectivity index (χ2v) is 33.8. The Bertz CT molecular complexity index is 5810. The van der Waals surface area contributed by atoms with Crippen LogP contribution in [0.5, 0.6) is 23.1 Å². The van der Waals surface area contributed by atoms with Gasteiger partial charge in [-0.1, -0.05) is 23.9 Å². The van der Waals surface area contributed by atoms with Crippen LogP contribution in [0.3, 0.4) is 0 Å². The summed E-state index contributed by atoms with van der Waals surface area (Å²) in [6.07, 6.45) is -0.590. The van der Waals surface area contributed by atoms with E-state index < -0.39 is 101 Å². The third-order valence-corrected chi connectivity index (χ3v) is 22.1. The predicted octanol–water partition coefficient (Wildman–Crippen LogP) is 13.8. The molecule has 0 amide bonds. The third kappa shape index (κ3) is 23.3. The van der Waals surface area contributed by atoms with Gasteiger partial charge < -0.3 is 30.0 Å². The molecule has 0 aliphatic rings. The van der Waals surface area contributed by atoms with Crippen molar-refractivity contribution in [2.45, 2.75) is 66.3 Å². The number of azo groups is 4. The van der Waals surface area contributed by atoms with Crippen molar-refractivity contribution in [3.63, 3.8) is 0 Å². The second kappa shape index (κ2) is 35.8. The minimum atomic E-state index is -5.12. The molecule has 0 unspecified atom stereocenters. The highest BCUT2D eigenvalue weighted by atomic mass is 32.2. The molecule has 0 fully saturated rings. The van der Waals surface area contributed by atoms with E-state index in [2.05, 4.69) is 77.6 Å². The van der Waals surface area contributed by atoms with Crippen LogP contribution in [0.1, 0.15) is 47.9 Å². The van der Waals surface area contributed by atoms with Gasteiger partial charge in [0.05, 0.1) is 81.1 Å². The lowest BCUT2D eigenvalue weighted by atomic mass is 10.1. The number of thioether (sulfide) groups is 3. The highest BCUT2D eigenvalue weighted by Crippen LogP contribution is 2.46. The van der Waals surface area contributed by atoms with Gasteiger partial charge in [0.25, 0.3) is 62.8 Å². The van der Waals surface area contributed by atoms with Crippen molar-refractivity contribution in [1.82, 2.24) is 24.3 Å². The van der Waals surface area contributed by atoms with Crippen LogP contribution >= 0.6 is 35.3 Å². The van der Waals surface area contributed by atoms with Crippen molar-refractivity contribution in [2.24, 2.45) is 40.9 Å². The Morgan fingerprint density at radius 1 is 0.587 bits per heavy atom. The third-order valence-electron chi connectivity index (χ3n) is 14.8. The summed E-state index contributed by atoms with van der Waals surface area (Å²) in [4.78, 5) is 39.9. The summed E-state index contributed by atoms with van der Waals surface area (Å²) in [5.74, 6) is -3.25. The number of nitriles is 1. The summed E-state index contributed by atoms with van der Waals surface area (Å²) in [7, 11) is -21.5. The molecule has 0 saturated heterocycles. The average Bonchev–Trinajstić information content (AvgIpc) is 1.60. The van der Waals surface area contributed by atoms with Crippen LogP contribution in [0.4, 0.5) is 74.5 Å². The molecule has 9 rings (SSSR count). The summed E-state index contributed by atoms with van der Waals surface area (Å²) < 4.78 is 186. The molecule has 3 heterocycles. The van der Waals surface area contributed by atoms with Crippen molar-refractivity contribution in [1.29, 1.82) is 5.26 Å². The number of non-ortho nitro benzene ring substituents is 1. The number of nitro benzene ring substituents is 1. The number of carbonyl (C=O) groups is 1. The Morgan fingerprint density at radius 2 is 1.12 bits per heavy atom. The number of pyridine rings is 1. The van der Waals surface area contributed by atoms with Gasteiger partial charge in [0, 0.05) is 45.4 Å². The molecule has 3 aromatic heterocycles. The lowest BCUT2D eigenvalue weighted by Gasteiger charge is -2.15. The van der Waals surface area contributed by atoms with Crippen LogP contribution in [-0.4, -0.2) is 160 Å². The van der Waals surface area contributed by atoms with Gasteiger partial charge in [-0.3, -0.25) is 42.1 Å². The number of aryl methyl sites for hydroxylation is 2. The fourth-order valence-corrected chi connectivity index (χ4v) is 15.6. The van der Waals surface area contributed by atoms with Crippen LogP contribution in [-0.2, 0) is 55.4 Å². The molecule has 6 aromatic carbocycles. The van der Waals surface area contributed by atoms with Crippen molar-refractivity contribution < 1.29 is 93.9 Å². The molecule has 9 aromatic rings. The number of para-hydroxylation sites is 2. The number of aromatic hydroxyl groups is 1. The minimum Gasteiger partial charge on any atom is -0.497 e. The normalized spacial score (nSPS) is 12.4. The van der Waals surface area contributed by atoms with Gasteiger partial charge in [-0.05, 0) is 130 Å². The van der Waals surface area contributed by atoms with Crippen molar-refractivity contribution in [2.75, 3.05) is 64.6 Å². The molecule has 8 N–H and O–H groups in total. The quantitative estimate of drug-likeness (QED) is 0.00341. The number of ether oxygens (including phenoxy) is 3. The molecule has 0 aliphatic heterocycles. The van der Waals surface area contributed by atoms with E-state index in [0.29, 0.717) is 28.4 Å². The van der Waals surface area contributed by atoms with Crippen LogP contribution in [0.15, 0.2) is 158 Å². The van der Waals surface area contributed by atoms with E-state index >= 15 is 0 Å². The smallest absolute Gasteiger partial charge is 0.298 e. The van der Waals surface area contributed by atoms with Gasteiger partial charge in [-0.2, -0.15) is 72.5 Å². The minimum absolute atomic E-state index is 0.00769. The molecule has 0 atom stereocenters. The topological polar surface area (TPSA) is 583 Å². The molecule has 0 aliphatic carbocycles. The number of fused-ring (bicyclic) bond motifs is 3. The lowest BCUT2D eigenvalue weighted by Crippen LogP contribution is -2.08. The van der Waals surface area contributed by atoms with Gasteiger partial charge in [0.1, 0.15) is 50.8 Å². The Kier molecular flexibility index (Phi) is 27.1. The fourth-order valence-electron chi connectivity index (χ4n) is 9.75. The van der Waals surface area contributed by atoms with Gasteiger partial charge in [-0.15, -0.1) is 54.2 Å².